The van der Waals surface area contributed by atoms with E-state index < -0.39 is 0 Å². The maximum absolute atomic E-state index is 11.1. The van der Waals surface area contributed by atoms with Crippen LogP contribution in [0.1, 0.15) is 16.9 Å². The lowest BCUT2D eigenvalue weighted by molar-refractivity contribution is -0.384. The number of aryl methyl sites for hydroxylation is 1. The van der Waals surface area contributed by atoms with Crippen LogP contribution in [-0.4, -0.2) is 23.9 Å². The number of nitro groups is 1. The lowest BCUT2D eigenvalue weighted by Crippen LogP contribution is -2.18. The predicted molar refractivity (Wildman–Crippen MR) is 81.3 cm³/mol. The Hall–Kier alpha value is -2.34. The summed E-state index contributed by atoms with van der Waals surface area (Å²) >= 11 is 0. The number of hydrogen-bond acceptors (Lipinski definition) is 5. The minimum Gasteiger partial charge on any atom is -0.469 e. The van der Waals surface area contributed by atoms with Crippen LogP contribution in [0.25, 0.3) is 0 Å². The Morgan fingerprint density at radius 3 is 2.57 bits per heavy atom. The molecule has 0 radical (unpaired) electrons. The van der Waals surface area contributed by atoms with Crippen LogP contribution in [-0.2, 0) is 13.1 Å². The van der Waals surface area contributed by atoms with Crippen LogP contribution < -0.4 is 5.32 Å². The fourth-order valence-corrected chi connectivity index (χ4v) is 2.37. The van der Waals surface area contributed by atoms with Gasteiger partial charge in [0.1, 0.15) is 11.4 Å². The number of nitrogens with one attached hydrogen (secondary N) is 1. The first-order chi connectivity index (χ1) is 10.0. The average molecular weight is 289 g/mol. The van der Waals surface area contributed by atoms with Gasteiger partial charge in [0, 0.05) is 31.8 Å². The summed E-state index contributed by atoms with van der Waals surface area (Å²) < 4.78 is 5.28. The Morgan fingerprint density at radius 1 is 1.29 bits per heavy atom. The molecule has 0 amide bonds. The molecular formula is C15H19N3O3. The molecule has 0 aliphatic rings. The van der Waals surface area contributed by atoms with Gasteiger partial charge in [-0.05, 0) is 25.6 Å². The highest BCUT2D eigenvalue weighted by atomic mass is 16.6. The summed E-state index contributed by atoms with van der Waals surface area (Å²) in [4.78, 5) is 12.8. The zero-order chi connectivity index (χ0) is 15.4. The molecule has 0 unspecified atom stereocenters. The SMILES string of the molecule is CNc1c(CN(C)Cc2ccoc2C)cccc1[N+](=O)[O-]. The second-order valence-corrected chi connectivity index (χ2v) is 4.99. The van der Waals surface area contributed by atoms with E-state index in [0.29, 0.717) is 12.2 Å². The van der Waals surface area contributed by atoms with Gasteiger partial charge in [0.05, 0.1) is 11.2 Å². The zero-order valence-electron chi connectivity index (χ0n) is 12.4. The Balaban J connectivity index is 2.17. The minimum atomic E-state index is -0.366. The largest absolute Gasteiger partial charge is 0.469 e. The fourth-order valence-electron chi connectivity index (χ4n) is 2.37. The van der Waals surface area contributed by atoms with E-state index in [0.717, 1.165) is 23.4 Å². The van der Waals surface area contributed by atoms with Crippen LogP contribution in [0.4, 0.5) is 11.4 Å². The summed E-state index contributed by atoms with van der Waals surface area (Å²) in [5.41, 5.74) is 2.69. The highest BCUT2D eigenvalue weighted by Gasteiger charge is 2.17. The molecular weight excluding hydrogens is 270 g/mol. The molecule has 0 spiro atoms. The average Bonchev–Trinajstić information content (AvgIpc) is 2.83. The number of benzene rings is 1. The second-order valence-electron chi connectivity index (χ2n) is 4.99. The van der Waals surface area contributed by atoms with Crippen molar-refractivity contribution in [3.63, 3.8) is 0 Å². The van der Waals surface area contributed by atoms with Crippen molar-refractivity contribution in [2.75, 3.05) is 19.4 Å². The molecule has 21 heavy (non-hydrogen) atoms. The third kappa shape index (κ3) is 3.41. The summed E-state index contributed by atoms with van der Waals surface area (Å²) in [5, 5.41) is 14.0. The molecule has 0 atom stereocenters. The van der Waals surface area contributed by atoms with E-state index in [1.807, 2.05) is 26.1 Å². The fraction of sp³-hybridized carbons (Fsp3) is 0.333. The summed E-state index contributed by atoms with van der Waals surface area (Å²) in [5.74, 6) is 0.898. The van der Waals surface area contributed by atoms with Gasteiger partial charge in [0.15, 0.2) is 0 Å². The molecule has 1 N–H and O–H groups in total. The molecule has 6 nitrogen and oxygen atoms in total. The first-order valence-corrected chi connectivity index (χ1v) is 6.68. The maximum atomic E-state index is 11.1. The predicted octanol–water partition coefficient (Wildman–Crippen LogP) is 3.17. The summed E-state index contributed by atoms with van der Waals surface area (Å²) in [7, 11) is 3.68. The zero-order valence-corrected chi connectivity index (χ0v) is 12.4. The molecule has 0 saturated carbocycles. The van der Waals surface area contributed by atoms with Crippen molar-refractivity contribution in [1.82, 2.24) is 4.90 Å². The van der Waals surface area contributed by atoms with E-state index in [4.69, 9.17) is 4.42 Å². The number of hydrogen-bond donors (Lipinski definition) is 1. The third-order valence-corrected chi connectivity index (χ3v) is 3.42. The molecule has 2 rings (SSSR count). The number of nitro benzene ring substituents is 1. The van der Waals surface area contributed by atoms with Crippen molar-refractivity contribution < 1.29 is 9.34 Å². The van der Waals surface area contributed by atoms with E-state index >= 15 is 0 Å². The highest BCUT2D eigenvalue weighted by molar-refractivity contribution is 5.66. The molecule has 112 valence electrons. The van der Waals surface area contributed by atoms with Gasteiger partial charge in [-0.2, -0.15) is 0 Å². The lowest BCUT2D eigenvalue weighted by atomic mass is 10.1. The van der Waals surface area contributed by atoms with Crippen LogP contribution in [0.3, 0.4) is 0 Å². The van der Waals surface area contributed by atoms with E-state index in [2.05, 4.69) is 10.2 Å². The van der Waals surface area contributed by atoms with Crippen LogP contribution in [0.15, 0.2) is 34.9 Å². The molecule has 0 aliphatic carbocycles. The van der Waals surface area contributed by atoms with Gasteiger partial charge in [-0.25, -0.2) is 0 Å². The van der Waals surface area contributed by atoms with Gasteiger partial charge in [-0.1, -0.05) is 12.1 Å². The topological polar surface area (TPSA) is 71.5 Å². The third-order valence-electron chi connectivity index (χ3n) is 3.42. The Labute approximate surface area is 123 Å². The van der Waals surface area contributed by atoms with E-state index in [-0.39, 0.29) is 10.6 Å². The molecule has 2 aromatic rings. The smallest absolute Gasteiger partial charge is 0.292 e. The summed E-state index contributed by atoms with van der Waals surface area (Å²) in [6.07, 6.45) is 1.67. The van der Waals surface area contributed by atoms with Gasteiger partial charge >= 0.3 is 0 Å². The maximum Gasteiger partial charge on any atom is 0.292 e. The van der Waals surface area contributed by atoms with Crippen molar-refractivity contribution in [3.05, 3.63) is 57.5 Å². The summed E-state index contributed by atoms with van der Waals surface area (Å²) in [6.45, 7) is 3.27. The van der Waals surface area contributed by atoms with Gasteiger partial charge in [0.2, 0.25) is 0 Å². The molecule has 0 bridgehead atoms. The van der Waals surface area contributed by atoms with Gasteiger partial charge in [0.25, 0.3) is 5.69 Å². The number of para-hydroxylation sites is 1. The normalized spacial score (nSPS) is 10.9. The monoisotopic (exact) mass is 289 g/mol. The highest BCUT2D eigenvalue weighted by Crippen LogP contribution is 2.28. The molecule has 0 fully saturated rings. The Kier molecular flexibility index (Phi) is 4.59. The standard InChI is InChI=1S/C15H19N3O3/c1-11-12(7-8-21-11)9-17(3)10-13-5-4-6-14(18(19)20)15(13)16-2/h4-8,16H,9-10H2,1-3H3. The number of rotatable bonds is 6. The number of anilines is 1. The van der Waals surface area contributed by atoms with Gasteiger partial charge < -0.3 is 9.73 Å². The van der Waals surface area contributed by atoms with Gasteiger partial charge in [-0.3, -0.25) is 15.0 Å². The van der Waals surface area contributed by atoms with Crippen molar-refractivity contribution in [2.45, 2.75) is 20.0 Å². The molecule has 1 heterocycles. The van der Waals surface area contributed by atoms with E-state index in [9.17, 15) is 10.1 Å². The lowest BCUT2D eigenvalue weighted by Gasteiger charge is -2.18. The van der Waals surface area contributed by atoms with Crippen molar-refractivity contribution in [2.24, 2.45) is 0 Å². The van der Waals surface area contributed by atoms with E-state index in [1.165, 1.54) is 6.07 Å². The molecule has 0 aliphatic heterocycles. The molecule has 6 heteroatoms. The Morgan fingerprint density at radius 2 is 2.00 bits per heavy atom. The number of nitrogens with zero attached hydrogens (tertiary/aromatic N) is 2. The van der Waals surface area contributed by atoms with Crippen molar-refractivity contribution >= 4 is 11.4 Å². The second kappa shape index (κ2) is 6.41. The quantitative estimate of drug-likeness (QED) is 0.653. The molecule has 1 aromatic heterocycles. The van der Waals surface area contributed by atoms with Crippen molar-refractivity contribution in [1.29, 1.82) is 0 Å². The molecule has 1 aromatic carbocycles. The Bertz CT molecular complexity index is 637. The van der Waals surface area contributed by atoms with E-state index in [1.54, 1.807) is 19.4 Å². The van der Waals surface area contributed by atoms with Crippen LogP contribution in [0, 0.1) is 17.0 Å². The number of furan rings is 1. The summed E-state index contributed by atoms with van der Waals surface area (Å²) in [6, 6.07) is 7.07. The van der Waals surface area contributed by atoms with Crippen LogP contribution in [0.5, 0.6) is 0 Å². The van der Waals surface area contributed by atoms with Crippen LogP contribution >= 0.6 is 0 Å². The van der Waals surface area contributed by atoms with Crippen molar-refractivity contribution in [3.8, 4) is 0 Å². The first-order valence-electron chi connectivity index (χ1n) is 6.68. The van der Waals surface area contributed by atoms with Crippen LogP contribution in [0.2, 0.25) is 0 Å². The minimum absolute atomic E-state index is 0.0999. The molecule has 0 saturated heterocycles. The van der Waals surface area contributed by atoms with Gasteiger partial charge in [-0.15, -0.1) is 0 Å². The first kappa shape index (κ1) is 15.1.